The van der Waals surface area contributed by atoms with E-state index in [2.05, 4.69) is 0 Å². The van der Waals surface area contributed by atoms with Gasteiger partial charge in [-0.25, -0.2) is 4.57 Å². The van der Waals surface area contributed by atoms with Crippen molar-refractivity contribution in [3.63, 3.8) is 0 Å². The fraction of sp³-hybridized carbons (Fsp3) is 0.240. The normalized spacial score (nSPS) is 27.9. The molecule has 6 rings (SSSR count). The Morgan fingerprint density at radius 2 is 1.12 bits per heavy atom. The van der Waals surface area contributed by atoms with E-state index in [4.69, 9.17) is 0 Å². The molecule has 1 nitrogen and oxygen atoms in total. The first kappa shape index (κ1) is 22.1. The molecule has 0 saturated heterocycles. The van der Waals surface area contributed by atoms with Gasteiger partial charge in [0.05, 0.1) is 10.5 Å². The van der Waals surface area contributed by atoms with Gasteiger partial charge in [-0.2, -0.15) is 26.3 Å². The van der Waals surface area contributed by atoms with Crippen molar-refractivity contribution in [3.05, 3.63) is 100 Å². The van der Waals surface area contributed by atoms with Gasteiger partial charge in [0.2, 0.25) is 0 Å². The molecule has 0 spiro atoms. The van der Waals surface area contributed by atoms with E-state index in [1.165, 1.54) is 35.7 Å². The number of thioether (sulfide) groups is 2. The highest BCUT2D eigenvalue weighted by Crippen LogP contribution is 2.69. The number of nitrogens with zero attached hydrogens (tertiary/aromatic N) is 1. The molecule has 0 amide bonds. The van der Waals surface area contributed by atoms with Crippen molar-refractivity contribution in [2.75, 3.05) is 0 Å². The molecular weight excluding hydrogens is 492 g/mol. The van der Waals surface area contributed by atoms with Crippen LogP contribution in [-0.4, -0.2) is 28.3 Å². The Kier molecular flexibility index (Phi) is 4.60. The van der Waals surface area contributed by atoms with E-state index in [1.807, 2.05) is 7.05 Å². The number of benzene rings is 1. The van der Waals surface area contributed by atoms with Gasteiger partial charge in [-0.15, -0.1) is 23.5 Å². The highest BCUT2D eigenvalue weighted by molar-refractivity contribution is 8.13. The van der Waals surface area contributed by atoms with Crippen LogP contribution in [0.15, 0.2) is 89.3 Å². The van der Waals surface area contributed by atoms with Crippen LogP contribution in [-0.2, 0) is 7.05 Å². The van der Waals surface area contributed by atoms with Gasteiger partial charge in [0.25, 0.3) is 0 Å². The minimum absolute atomic E-state index is 0.129. The lowest BCUT2D eigenvalue weighted by Gasteiger charge is -2.30. The summed E-state index contributed by atoms with van der Waals surface area (Å²) in [6, 6.07) is 12.5. The summed E-state index contributed by atoms with van der Waals surface area (Å²) in [5, 5.41) is -1.37. The number of fused-ring (bicyclic) bond motifs is 4. The number of aromatic nitrogens is 1. The predicted molar refractivity (Wildman–Crippen MR) is 122 cm³/mol. The number of pyridine rings is 1. The smallest absolute Gasteiger partial charge is 0.208 e. The summed E-state index contributed by atoms with van der Waals surface area (Å²) in [5.41, 5.74) is -1.24. The molecule has 3 heterocycles. The molecular formula is C25H16F6NS2+. The summed E-state index contributed by atoms with van der Waals surface area (Å²) in [6.45, 7) is 0. The molecule has 1 saturated carbocycles. The zero-order valence-corrected chi connectivity index (χ0v) is 19.2. The molecule has 0 N–H and O–H groups in total. The molecule has 174 valence electrons. The second kappa shape index (κ2) is 7.07. The number of hydrogen-bond acceptors (Lipinski definition) is 2. The van der Waals surface area contributed by atoms with Crippen LogP contribution in [0.5, 0.6) is 0 Å². The van der Waals surface area contributed by atoms with Crippen LogP contribution in [0.2, 0.25) is 0 Å². The summed E-state index contributed by atoms with van der Waals surface area (Å²) < 4.78 is 91.2. The number of hydrogen-bond donors (Lipinski definition) is 0. The fourth-order valence-corrected chi connectivity index (χ4v) is 7.82. The van der Waals surface area contributed by atoms with E-state index in [0.717, 1.165) is 5.56 Å². The third-order valence-electron chi connectivity index (χ3n) is 6.53. The first-order chi connectivity index (χ1) is 16.0. The second-order valence-corrected chi connectivity index (χ2v) is 11.0. The molecule has 4 aliphatic rings. The SMILES string of the molecule is C[n+]1ccc(C2=CC3=C4C(=C5C=C(c6ccccc6)S[C@H]5[C@@H]3S2)C(F)(F)C(F)(F)C4(F)F)cc1. The Bertz CT molecular complexity index is 1340. The van der Waals surface area contributed by atoms with Crippen molar-refractivity contribution in [3.8, 4) is 0 Å². The van der Waals surface area contributed by atoms with E-state index in [1.54, 1.807) is 59.4 Å². The number of rotatable bonds is 2. The highest BCUT2D eigenvalue weighted by atomic mass is 32.2. The topological polar surface area (TPSA) is 3.88 Å². The lowest BCUT2D eigenvalue weighted by Crippen LogP contribution is -2.47. The van der Waals surface area contributed by atoms with Gasteiger partial charge < -0.3 is 0 Å². The summed E-state index contributed by atoms with van der Waals surface area (Å²) >= 11 is 2.52. The van der Waals surface area contributed by atoms with E-state index < -0.39 is 39.4 Å². The second-order valence-electron chi connectivity index (χ2n) is 8.60. The first-order valence-electron chi connectivity index (χ1n) is 10.4. The Hall–Kier alpha value is -2.39. The maximum absolute atomic E-state index is 15.1. The highest BCUT2D eigenvalue weighted by Gasteiger charge is 2.83. The molecule has 1 fully saturated rings. The molecule has 34 heavy (non-hydrogen) atoms. The number of aryl methyl sites for hydroxylation is 1. The molecule has 2 aromatic rings. The summed E-state index contributed by atoms with van der Waals surface area (Å²) in [7, 11) is 1.82. The molecule has 0 unspecified atom stereocenters. The first-order valence-corrected chi connectivity index (χ1v) is 12.2. The summed E-state index contributed by atoms with van der Waals surface area (Å²) in [4.78, 5) is 1.20. The third kappa shape index (κ3) is 2.77. The third-order valence-corrected chi connectivity index (χ3v) is 9.48. The monoisotopic (exact) mass is 508 g/mol. The molecule has 2 atom stereocenters. The largest absolute Gasteiger partial charge is 0.380 e. The molecule has 1 aromatic heterocycles. The van der Waals surface area contributed by atoms with Crippen LogP contribution >= 0.6 is 23.5 Å². The van der Waals surface area contributed by atoms with Gasteiger partial charge in [0, 0.05) is 33.1 Å². The Morgan fingerprint density at radius 1 is 0.676 bits per heavy atom. The van der Waals surface area contributed by atoms with Crippen molar-refractivity contribution < 1.29 is 30.9 Å². The van der Waals surface area contributed by atoms with Gasteiger partial charge in [0.15, 0.2) is 12.4 Å². The zero-order valence-electron chi connectivity index (χ0n) is 17.5. The van der Waals surface area contributed by atoms with Crippen molar-refractivity contribution in [1.29, 1.82) is 0 Å². The van der Waals surface area contributed by atoms with E-state index >= 15 is 17.6 Å². The number of halogens is 6. The Balaban J connectivity index is 1.58. The Labute approximate surface area is 199 Å². The van der Waals surface area contributed by atoms with Gasteiger partial charge >= 0.3 is 17.8 Å². The summed E-state index contributed by atoms with van der Waals surface area (Å²) in [5.74, 6) is -15.5. The molecule has 2 aliphatic carbocycles. The maximum Gasteiger partial charge on any atom is 0.380 e. The number of allylic oxidation sites excluding steroid dienone is 4. The van der Waals surface area contributed by atoms with Crippen LogP contribution in [0.4, 0.5) is 26.3 Å². The van der Waals surface area contributed by atoms with E-state index in [9.17, 15) is 8.78 Å². The Morgan fingerprint density at radius 3 is 1.59 bits per heavy atom. The molecule has 9 heteroatoms. The van der Waals surface area contributed by atoms with Crippen LogP contribution in [0.3, 0.4) is 0 Å². The maximum atomic E-state index is 15.1. The lowest BCUT2D eigenvalue weighted by atomic mass is 9.84. The molecule has 0 bridgehead atoms. The fourth-order valence-electron chi connectivity index (χ4n) is 4.84. The number of alkyl halides is 6. The van der Waals surface area contributed by atoms with Crippen LogP contribution in [0.25, 0.3) is 9.81 Å². The average Bonchev–Trinajstić information content (AvgIpc) is 3.45. The van der Waals surface area contributed by atoms with Gasteiger partial charge in [-0.3, -0.25) is 0 Å². The van der Waals surface area contributed by atoms with Crippen LogP contribution < -0.4 is 4.57 Å². The lowest BCUT2D eigenvalue weighted by molar-refractivity contribution is -0.671. The van der Waals surface area contributed by atoms with Gasteiger partial charge in [0.1, 0.15) is 7.05 Å². The van der Waals surface area contributed by atoms with Crippen molar-refractivity contribution in [2.45, 2.75) is 28.3 Å². The van der Waals surface area contributed by atoms with E-state index in [-0.39, 0.29) is 11.1 Å². The molecule has 1 aromatic carbocycles. The average molecular weight is 509 g/mol. The van der Waals surface area contributed by atoms with E-state index in [0.29, 0.717) is 15.4 Å². The molecule has 2 aliphatic heterocycles. The van der Waals surface area contributed by atoms with Gasteiger partial charge in [-0.05, 0) is 34.4 Å². The zero-order chi connectivity index (χ0) is 24.0. The molecule has 0 radical (unpaired) electrons. The quantitative estimate of drug-likeness (QED) is 0.330. The standard InChI is InChI=1S/C25H16F6NS2/c1-32-9-7-14(8-10-32)18-12-16-20-19(23(26,27)25(30,31)24(20,28)29)15-11-17(13-5-3-2-4-6-13)33-21(15)22(16)34-18/h2-12,21-22H,1H3/q+1/t21-,22-/m1/s1. The minimum atomic E-state index is -5.51. The van der Waals surface area contributed by atoms with Gasteiger partial charge in [-0.1, -0.05) is 30.3 Å². The van der Waals surface area contributed by atoms with Crippen molar-refractivity contribution >= 4 is 33.3 Å². The predicted octanol–water partition coefficient (Wildman–Crippen LogP) is 6.65. The van der Waals surface area contributed by atoms with Crippen LogP contribution in [0.1, 0.15) is 11.1 Å². The van der Waals surface area contributed by atoms with Crippen molar-refractivity contribution in [2.24, 2.45) is 7.05 Å². The van der Waals surface area contributed by atoms with Crippen LogP contribution in [0, 0.1) is 0 Å². The summed E-state index contributed by atoms with van der Waals surface area (Å²) in [6.07, 6.45) is 6.33. The minimum Gasteiger partial charge on any atom is -0.208 e. The van der Waals surface area contributed by atoms with Crippen molar-refractivity contribution in [1.82, 2.24) is 0 Å².